The Labute approximate surface area is 124 Å². The van der Waals surface area contributed by atoms with Crippen LogP contribution in [0, 0.1) is 0 Å². The second kappa shape index (κ2) is 7.31. The topological polar surface area (TPSA) is 39.1 Å². The zero-order chi connectivity index (χ0) is 14.4. The fraction of sp³-hybridized carbons (Fsp3) is 0.400. The minimum Gasteiger partial charge on any atom is -0.492 e. The molecule has 0 saturated heterocycles. The van der Waals surface area contributed by atoms with Crippen molar-refractivity contribution in [1.82, 2.24) is 15.1 Å². The molecule has 0 aliphatic heterocycles. The summed E-state index contributed by atoms with van der Waals surface area (Å²) in [7, 11) is 1.92. The highest BCUT2D eigenvalue weighted by Gasteiger charge is 2.14. The molecule has 2 aromatic rings. The first-order valence-electron chi connectivity index (χ1n) is 6.80. The molecule has 0 saturated carbocycles. The molecule has 0 amide bonds. The van der Waals surface area contributed by atoms with Gasteiger partial charge in [0, 0.05) is 18.3 Å². The molecule has 1 heterocycles. The number of ether oxygens (including phenoxy) is 1. The van der Waals surface area contributed by atoms with Crippen LogP contribution in [0.1, 0.15) is 25.1 Å². The molecule has 20 heavy (non-hydrogen) atoms. The van der Waals surface area contributed by atoms with Crippen LogP contribution in [0.2, 0.25) is 5.02 Å². The van der Waals surface area contributed by atoms with E-state index in [1.807, 2.05) is 43.6 Å². The molecule has 0 fully saturated rings. The number of nitrogens with zero attached hydrogens (tertiary/aromatic N) is 2. The standard InChI is InChI=1S/C15H20ClN3O/c1-3-9-17-15(14-8-10-19(2)18-14)11-20-13-6-4-12(16)5-7-13/h4-8,10,15,17H,3,9,11H2,1-2H3. The Morgan fingerprint density at radius 3 is 2.65 bits per heavy atom. The quantitative estimate of drug-likeness (QED) is 0.852. The minimum atomic E-state index is 0.0897. The van der Waals surface area contributed by atoms with Crippen molar-refractivity contribution in [2.75, 3.05) is 13.2 Å². The lowest BCUT2D eigenvalue weighted by atomic mass is 10.2. The lowest BCUT2D eigenvalue weighted by Crippen LogP contribution is -2.28. The Hall–Kier alpha value is -1.52. The highest BCUT2D eigenvalue weighted by atomic mass is 35.5. The largest absolute Gasteiger partial charge is 0.492 e. The summed E-state index contributed by atoms with van der Waals surface area (Å²) in [5.41, 5.74) is 0.995. The molecule has 0 aliphatic rings. The number of rotatable bonds is 7. The van der Waals surface area contributed by atoms with E-state index in [1.165, 1.54) is 0 Å². The van der Waals surface area contributed by atoms with Gasteiger partial charge in [-0.1, -0.05) is 18.5 Å². The summed E-state index contributed by atoms with van der Waals surface area (Å²) in [6.45, 7) is 3.62. The Morgan fingerprint density at radius 1 is 1.30 bits per heavy atom. The summed E-state index contributed by atoms with van der Waals surface area (Å²) >= 11 is 5.86. The van der Waals surface area contributed by atoms with Crippen LogP contribution >= 0.6 is 11.6 Å². The summed E-state index contributed by atoms with van der Waals surface area (Å²) in [5.74, 6) is 0.814. The van der Waals surface area contributed by atoms with Crippen LogP contribution < -0.4 is 10.1 Å². The maximum absolute atomic E-state index is 5.86. The van der Waals surface area contributed by atoms with Gasteiger partial charge in [0.1, 0.15) is 12.4 Å². The fourth-order valence-corrected chi connectivity index (χ4v) is 2.02. The lowest BCUT2D eigenvalue weighted by Gasteiger charge is -2.17. The third kappa shape index (κ3) is 4.25. The molecule has 0 aliphatic carbocycles. The van der Waals surface area contributed by atoms with Crippen LogP contribution in [0.5, 0.6) is 5.75 Å². The SMILES string of the molecule is CCCNC(COc1ccc(Cl)cc1)c1ccn(C)n1. The molecule has 4 nitrogen and oxygen atoms in total. The smallest absolute Gasteiger partial charge is 0.119 e. The molecule has 1 aromatic carbocycles. The maximum atomic E-state index is 5.86. The van der Waals surface area contributed by atoms with Crippen molar-refractivity contribution in [2.45, 2.75) is 19.4 Å². The third-order valence-corrected chi connectivity index (χ3v) is 3.21. The van der Waals surface area contributed by atoms with Crippen LogP contribution in [0.15, 0.2) is 36.5 Å². The number of hydrogen-bond acceptors (Lipinski definition) is 3. The zero-order valence-corrected chi connectivity index (χ0v) is 12.6. The maximum Gasteiger partial charge on any atom is 0.119 e. The van der Waals surface area contributed by atoms with Gasteiger partial charge in [-0.05, 0) is 43.3 Å². The van der Waals surface area contributed by atoms with E-state index in [0.29, 0.717) is 11.6 Å². The molecule has 1 unspecified atom stereocenters. The molecule has 1 aromatic heterocycles. The molecule has 0 spiro atoms. The zero-order valence-electron chi connectivity index (χ0n) is 11.8. The first-order chi connectivity index (χ1) is 9.69. The number of benzene rings is 1. The highest BCUT2D eigenvalue weighted by Crippen LogP contribution is 2.18. The first kappa shape index (κ1) is 14.9. The number of aryl methyl sites for hydroxylation is 1. The van der Waals surface area contributed by atoms with Crippen molar-refractivity contribution in [3.8, 4) is 5.75 Å². The fourth-order valence-electron chi connectivity index (χ4n) is 1.90. The van der Waals surface area contributed by atoms with Gasteiger partial charge in [-0.25, -0.2) is 0 Å². The molecular formula is C15H20ClN3O. The van der Waals surface area contributed by atoms with Gasteiger partial charge in [0.15, 0.2) is 0 Å². The summed E-state index contributed by atoms with van der Waals surface area (Å²) in [6.07, 6.45) is 3.02. The average Bonchev–Trinajstić information content (AvgIpc) is 2.87. The van der Waals surface area contributed by atoms with Crippen molar-refractivity contribution in [3.63, 3.8) is 0 Å². The predicted molar refractivity (Wildman–Crippen MR) is 81.2 cm³/mol. The van der Waals surface area contributed by atoms with Crippen molar-refractivity contribution in [2.24, 2.45) is 7.05 Å². The number of nitrogens with one attached hydrogen (secondary N) is 1. The summed E-state index contributed by atoms with van der Waals surface area (Å²) in [6, 6.07) is 9.50. The van der Waals surface area contributed by atoms with Crippen LogP contribution in [-0.4, -0.2) is 22.9 Å². The van der Waals surface area contributed by atoms with Crippen molar-refractivity contribution in [1.29, 1.82) is 0 Å². The van der Waals surface area contributed by atoms with E-state index in [1.54, 1.807) is 4.68 Å². The molecule has 5 heteroatoms. The van der Waals surface area contributed by atoms with E-state index in [4.69, 9.17) is 16.3 Å². The summed E-state index contributed by atoms with van der Waals surface area (Å²) in [5, 5.41) is 8.61. The van der Waals surface area contributed by atoms with Crippen LogP contribution in [-0.2, 0) is 7.05 Å². The molecular weight excluding hydrogens is 274 g/mol. The minimum absolute atomic E-state index is 0.0897. The monoisotopic (exact) mass is 293 g/mol. The van der Waals surface area contributed by atoms with Gasteiger partial charge in [0.05, 0.1) is 11.7 Å². The Morgan fingerprint density at radius 2 is 2.05 bits per heavy atom. The van der Waals surface area contributed by atoms with E-state index in [9.17, 15) is 0 Å². The second-order valence-electron chi connectivity index (χ2n) is 4.69. The van der Waals surface area contributed by atoms with E-state index in [0.717, 1.165) is 24.4 Å². The van der Waals surface area contributed by atoms with E-state index >= 15 is 0 Å². The number of halogens is 1. The third-order valence-electron chi connectivity index (χ3n) is 2.96. The molecule has 0 bridgehead atoms. The molecule has 108 valence electrons. The van der Waals surface area contributed by atoms with Crippen molar-refractivity contribution >= 4 is 11.6 Å². The van der Waals surface area contributed by atoms with Crippen molar-refractivity contribution in [3.05, 3.63) is 47.2 Å². The Balaban J connectivity index is 1.98. The van der Waals surface area contributed by atoms with Gasteiger partial charge in [-0.15, -0.1) is 0 Å². The molecule has 0 radical (unpaired) electrons. The van der Waals surface area contributed by atoms with Gasteiger partial charge in [-0.2, -0.15) is 5.10 Å². The summed E-state index contributed by atoms with van der Waals surface area (Å²) in [4.78, 5) is 0. The average molecular weight is 294 g/mol. The summed E-state index contributed by atoms with van der Waals surface area (Å²) < 4.78 is 7.62. The van der Waals surface area contributed by atoms with Gasteiger partial charge in [0.2, 0.25) is 0 Å². The van der Waals surface area contributed by atoms with E-state index < -0.39 is 0 Å². The Kier molecular flexibility index (Phi) is 5.44. The first-order valence-corrected chi connectivity index (χ1v) is 7.18. The number of hydrogen-bond donors (Lipinski definition) is 1. The predicted octanol–water partition coefficient (Wildman–Crippen LogP) is 3.19. The van der Waals surface area contributed by atoms with E-state index in [2.05, 4.69) is 17.3 Å². The van der Waals surface area contributed by atoms with Crippen molar-refractivity contribution < 1.29 is 4.74 Å². The van der Waals surface area contributed by atoms with Gasteiger partial charge < -0.3 is 10.1 Å². The molecule has 1 atom stereocenters. The Bertz CT molecular complexity index is 524. The number of aromatic nitrogens is 2. The lowest BCUT2D eigenvalue weighted by molar-refractivity contribution is 0.263. The van der Waals surface area contributed by atoms with E-state index in [-0.39, 0.29) is 6.04 Å². The van der Waals surface area contributed by atoms with Gasteiger partial charge in [-0.3, -0.25) is 4.68 Å². The second-order valence-corrected chi connectivity index (χ2v) is 5.12. The van der Waals surface area contributed by atoms with Crippen LogP contribution in [0.4, 0.5) is 0 Å². The van der Waals surface area contributed by atoms with Gasteiger partial charge in [0.25, 0.3) is 0 Å². The van der Waals surface area contributed by atoms with Crippen LogP contribution in [0.25, 0.3) is 0 Å². The van der Waals surface area contributed by atoms with Gasteiger partial charge >= 0.3 is 0 Å². The van der Waals surface area contributed by atoms with Crippen LogP contribution in [0.3, 0.4) is 0 Å². The highest BCUT2D eigenvalue weighted by molar-refractivity contribution is 6.30. The molecule has 2 rings (SSSR count). The molecule has 1 N–H and O–H groups in total. The normalized spacial score (nSPS) is 12.3.